The van der Waals surface area contributed by atoms with Gasteiger partial charge < -0.3 is 4.74 Å². The van der Waals surface area contributed by atoms with Crippen LogP contribution in [0, 0.1) is 17.2 Å². The maximum absolute atomic E-state index is 9.26. The summed E-state index contributed by atoms with van der Waals surface area (Å²) in [6, 6.07) is 11.5. The third-order valence-corrected chi connectivity index (χ3v) is 3.54. The quantitative estimate of drug-likeness (QED) is 0.795. The first-order valence-electron chi connectivity index (χ1n) is 6.55. The maximum Gasteiger partial charge on any atom is 0.137 e. The monoisotopic (exact) mass is 284 g/mol. The van der Waals surface area contributed by atoms with E-state index in [-0.39, 0.29) is 0 Å². The number of nitriles is 1. The molecule has 1 aliphatic carbocycles. The zero-order valence-corrected chi connectivity index (χ0v) is 11.6. The predicted octanol–water partition coefficient (Wildman–Crippen LogP) is 4.06. The fourth-order valence-corrected chi connectivity index (χ4v) is 2.17. The van der Waals surface area contributed by atoms with Crippen molar-refractivity contribution in [2.75, 3.05) is 6.61 Å². The highest BCUT2D eigenvalue weighted by atomic mass is 35.5. The summed E-state index contributed by atoms with van der Waals surface area (Å²) in [7, 11) is 0. The predicted molar refractivity (Wildman–Crippen MR) is 77.6 cm³/mol. The van der Waals surface area contributed by atoms with Crippen LogP contribution in [-0.4, -0.2) is 11.6 Å². The first-order valence-corrected chi connectivity index (χ1v) is 6.93. The summed E-state index contributed by atoms with van der Waals surface area (Å²) in [4.78, 5) is 3.96. The zero-order valence-electron chi connectivity index (χ0n) is 10.8. The first kappa shape index (κ1) is 13.0. The standard InChI is InChI=1S/C16H13ClN2O/c17-16-8-13(5-6-19-16)12-3-4-15(14(7-12)9-18)20-10-11-1-2-11/h3-8,11H,1-2,10H2. The van der Waals surface area contributed by atoms with Crippen LogP contribution in [0.25, 0.3) is 11.1 Å². The number of rotatable bonds is 4. The molecular formula is C16H13ClN2O. The highest BCUT2D eigenvalue weighted by Gasteiger charge is 2.22. The van der Waals surface area contributed by atoms with Crippen molar-refractivity contribution < 1.29 is 4.74 Å². The Labute approximate surface area is 122 Å². The fraction of sp³-hybridized carbons (Fsp3) is 0.250. The molecule has 3 nitrogen and oxygen atoms in total. The normalized spacial score (nSPS) is 13.8. The summed E-state index contributed by atoms with van der Waals surface area (Å²) >= 11 is 5.89. The van der Waals surface area contributed by atoms with Crippen LogP contribution in [0.4, 0.5) is 0 Å². The van der Waals surface area contributed by atoms with Crippen molar-refractivity contribution in [1.82, 2.24) is 4.98 Å². The molecule has 1 aliphatic rings. The highest BCUT2D eigenvalue weighted by molar-refractivity contribution is 6.29. The van der Waals surface area contributed by atoms with Gasteiger partial charge in [0, 0.05) is 6.20 Å². The molecule has 1 heterocycles. The van der Waals surface area contributed by atoms with Gasteiger partial charge in [-0.25, -0.2) is 4.98 Å². The number of aromatic nitrogens is 1. The molecule has 100 valence electrons. The molecule has 0 bridgehead atoms. The highest BCUT2D eigenvalue weighted by Crippen LogP contribution is 2.31. The van der Waals surface area contributed by atoms with E-state index < -0.39 is 0 Å². The van der Waals surface area contributed by atoms with Crippen LogP contribution in [0.2, 0.25) is 5.15 Å². The average molecular weight is 285 g/mol. The van der Waals surface area contributed by atoms with Gasteiger partial charge in [-0.1, -0.05) is 17.7 Å². The Morgan fingerprint density at radius 3 is 2.75 bits per heavy atom. The zero-order chi connectivity index (χ0) is 13.9. The molecule has 0 N–H and O–H groups in total. The van der Waals surface area contributed by atoms with E-state index in [2.05, 4.69) is 11.1 Å². The summed E-state index contributed by atoms with van der Waals surface area (Å²) in [5, 5.41) is 9.70. The molecular weight excluding hydrogens is 272 g/mol. The van der Waals surface area contributed by atoms with Crippen LogP contribution in [0.1, 0.15) is 18.4 Å². The molecule has 0 atom stereocenters. The van der Waals surface area contributed by atoms with Crippen molar-refractivity contribution in [3.8, 4) is 22.9 Å². The average Bonchev–Trinajstić information content (AvgIpc) is 3.29. The molecule has 3 rings (SSSR count). The van der Waals surface area contributed by atoms with Crippen molar-refractivity contribution in [3.05, 3.63) is 47.2 Å². The van der Waals surface area contributed by atoms with Crippen LogP contribution < -0.4 is 4.74 Å². The van der Waals surface area contributed by atoms with Gasteiger partial charge in [0.05, 0.1) is 12.2 Å². The van der Waals surface area contributed by atoms with E-state index in [0.29, 0.717) is 29.0 Å². The van der Waals surface area contributed by atoms with E-state index in [1.807, 2.05) is 24.3 Å². The number of benzene rings is 1. The Kier molecular flexibility index (Phi) is 3.58. The van der Waals surface area contributed by atoms with Crippen LogP contribution in [0.5, 0.6) is 5.75 Å². The van der Waals surface area contributed by atoms with Crippen molar-refractivity contribution in [3.63, 3.8) is 0 Å². The number of hydrogen-bond acceptors (Lipinski definition) is 3. The van der Waals surface area contributed by atoms with E-state index in [1.165, 1.54) is 12.8 Å². The summed E-state index contributed by atoms with van der Waals surface area (Å²) in [5.74, 6) is 1.32. The second-order valence-corrected chi connectivity index (χ2v) is 5.33. The van der Waals surface area contributed by atoms with Crippen LogP contribution in [0.3, 0.4) is 0 Å². The van der Waals surface area contributed by atoms with Gasteiger partial charge >= 0.3 is 0 Å². The molecule has 2 aromatic rings. The molecule has 1 aromatic carbocycles. The second-order valence-electron chi connectivity index (χ2n) is 4.94. The lowest BCUT2D eigenvalue weighted by molar-refractivity contribution is 0.299. The molecule has 0 saturated heterocycles. The molecule has 0 radical (unpaired) electrons. The van der Waals surface area contributed by atoms with Gasteiger partial charge in [0.15, 0.2) is 0 Å². The number of hydrogen-bond donors (Lipinski definition) is 0. The second kappa shape index (κ2) is 5.52. The van der Waals surface area contributed by atoms with Crippen LogP contribution in [0.15, 0.2) is 36.5 Å². The van der Waals surface area contributed by atoms with E-state index in [4.69, 9.17) is 16.3 Å². The van der Waals surface area contributed by atoms with E-state index in [1.54, 1.807) is 12.3 Å². The van der Waals surface area contributed by atoms with Gasteiger partial charge in [0.25, 0.3) is 0 Å². The molecule has 1 aromatic heterocycles. The van der Waals surface area contributed by atoms with Crippen molar-refractivity contribution in [2.45, 2.75) is 12.8 Å². The van der Waals surface area contributed by atoms with E-state index >= 15 is 0 Å². The van der Waals surface area contributed by atoms with Gasteiger partial charge in [-0.05, 0) is 54.2 Å². The Morgan fingerprint density at radius 1 is 1.25 bits per heavy atom. The molecule has 20 heavy (non-hydrogen) atoms. The van der Waals surface area contributed by atoms with Gasteiger partial charge in [-0.2, -0.15) is 5.26 Å². The minimum atomic E-state index is 0.440. The third-order valence-electron chi connectivity index (χ3n) is 3.33. The minimum absolute atomic E-state index is 0.440. The van der Waals surface area contributed by atoms with Gasteiger partial charge in [-0.3, -0.25) is 0 Å². The Hall–Kier alpha value is -2.05. The third kappa shape index (κ3) is 2.92. The molecule has 0 amide bonds. The Balaban J connectivity index is 1.88. The molecule has 0 spiro atoms. The SMILES string of the molecule is N#Cc1cc(-c2ccnc(Cl)c2)ccc1OCC1CC1. The molecule has 0 aliphatic heterocycles. The minimum Gasteiger partial charge on any atom is -0.492 e. The summed E-state index contributed by atoms with van der Waals surface area (Å²) in [6.45, 7) is 0.703. The van der Waals surface area contributed by atoms with Gasteiger partial charge in [0.1, 0.15) is 17.0 Å². The summed E-state index contributed by atoms with van der Waals surface area (Å²) in [6.07, 6.45) is 4.12. The van der Waals surface area contributed by atoms with Gasteiger partial charge in [0.2, 0.25) is 0 Å². The topological polar surface area (TPSA) is 45.9 Å². The molecule has 1 saturated carbocycles. The van der Waals surface area contributed by atoms with E-state index in [0.717, 1.165) is 11.1 Å². The fourth-order valence-electron chi connectivity index (χ4n) is 2.00. The lowest BCUT2D eigenvalue weighted by atomic mass is 10.0. The molecule has 0 unspecified atom stereocenters. The number of ether oxygens (including phenoxy) is 1. The van der Waals surface area contributed by atoms with Gasteiger partial charge in [-0.15, -0.1) is 0 Å². The smallest absolute Gasteiger partial charge is 0.137 e. The van der Waals surface area contributed by atoms with Crippen molar-refractivity contribution >= 4 is 11.6 Å². The maximum atomic E-state index is 9.26. The lowest BCUT2D eigenvalue weighted by Crippen LogP contribution is -2.00. The van der Waals surface area contributed by atoms with E-state index in [9.17, 15) is 5.26 Å². The molecule has 1 fully saturated rings. The van der Waals surface area contributed by atoms with Crippen molar-refractivity contribution in [1.29, 1.82) is 5.26 Å². The number of halogens is 1. The largest absolute Gasteiger partial charge is 0.492 e. The van der Waals surface area contributed by atoms with Crippen LogP contribution >= 0.6 is 11.6 Å². The lowest BCUT2D eigenvalue weighted by Gasteiger charge is -2.09. The Bertz CT molecular complexity index is 674. The first-order chi connectivity index (χ1) is 9.76. The number of nitrogens with zero attached hydrogens (tertiary/aromatic N) is 2. The van der Waals surface area contributed by atoms with Crippen LogP contribution in [-0.2, 0) is 0 Å². The number of pyridine rings is 1. The Morgan fingerprint density at radius 2 is 2.05 bits per heavy atom. The van der Waals surface area contributed by atoms with Crippen molar-refractivity contribution in [2.24, 2.45) is 5.92 Å². The summed E-state index contributed by atoms with van der Waals surface area (Å²) < 4.78 is 5.71. The summed E-state index contributed by atoms with van der Waals surface area (Å²) in [5.41, 5.74) is 2.43. The molecule has 4 heteroatoms.